The Hall–Kier alpha value is -5.07. The second-order valence-corrected chi connectivity index (χ2v) is 16.6. The number of amides is 5. The van der Waals surface area contributed by atoms with Crippen LogP contribution >= 0.6 is 0 Å². The van der Waals surface area contributed by atoms with Gasteiger partial charge >= 0.3 is 5.97 Å². The number of esters is 1. The third kappa shape index (κ3) is 13.6. The van der Waals surface area contributed by atoms with Gasteiger partial charge < -0.3 is 31.3 Å². The number of hydrogen-bond acceptors (Lipinski definition) is 8. The Bertz CT molecular complexity index is 1700. The highest BCUT2D eigenvalue weighted by atomic mass is 16.6. The molecule has 5 N–H and O–H groups in total. The van der Waals surface area contributed by atoms with Gasteiger partial charge in [0.2, 0.25) is 29.4 Å². The third-order valence-electron chi connectivity index (χ3n) is 10.4. The Morgan fingerprint density at radius 1 is 0.661 bits per heavy atom. The van der Waals surface area contributed by atoms with Crippen molar-refractivity contribution in [3.8, 4) is 0 Å². The highest BCUT2D eigenvalue weighted by molar-refractivity contribution is 6.38. The molecule has 4 atom stereocenters. The molecule has 0 saturated heterocycles. The fraction of sp³-hybridized carbons (Fsp3) is 0.558. The van der Waals surface area contributed by atoms with Gasteiger partial charge in [-0.05, 0) is 75.3 Å². The fourth-order valence-electron chi connectivity index (χ4n) is 7.14. The highest BCUT2D eigenvalue weighted by Gasteiger charge is 2.39. The van der Waals surface area contributed by atoms with E-state index in [2.05, 4.69) is 26.6 Å². The van der Waals surface area contributed by atoms with Crippen molar-refractivity contribution in [1.82, 2.24) is 26.6 Å². The fourth-order valence-corrected chi connectivity index (χ4v) is 7.14. The molecule has 56 heavy (non-hydrogen) atoms. The first kappa shape index (κ1) is 42.1. The minimum absolute atomic E-state index is 0.0784. The molecule has 302 valence electrons. The second-order valence-electron chi connectivity index (χ2n) is 16.6. The molecule has 0 heterocycles. The molecule has 13 heteroatoms. The summed E-state index contributed by atoms with van der Waals surface area (Å²) in [5.41, 5.74) is 0.496. The van der Waals surface area contributed by atoms with E-state index < -0.39 is 71.7 Å². The molecule has 2 aromatic rings. The Labute approximate surface area is 329 Å². The van der Waals surface area contributed by atoms with E-state index in [4.69, 9.17) is 4.74 Å². The zero-order chi connectivity index (χ0) is 40.2. The molecule has 3 saturated carbocycles. The molecular weight excluding hydrogens is 714 g/mol. The molecular formula is C43H57N5O8. The van der Waals surface area contributed by atoms with Crippen molar-refractivity contribution in [2.45, 2.75) is 128 Å². The molecule has 0 radical (unpaired) electrons. The summed E-state index contributed by atoms with van der Waals surface area (Å²) in [5, 5.41) is 13.6. The lowest BCUT2D eigenvalue weighted by Gasteiger charge is -2.31. The normalized spacial score (nSPS) is 17.9. The summed E-state index contributed by atoms with van der Waals surface area (Å²) in [6.07, 6.45) is 8.76. The largest absolute Gasteiger partial charge is 0.458 e. The second kappa shape index (κ2) is 19.7. The van der Waals surface area contributed by atoms with Crippen LogP contribution in [0.1, 0.15) is 109 Å². The van der Waals surface area contributed by atoms with Crippen molar-refractivity contribution in [3.63, 3.8) is 0 Å². The third-order valence-corrected chi connectivity index (χ3v) is 10.4. The average molecular weight is 772 g/mol. The summed E-state index contributed by atoms with van der Waals surface area (Å²) in [6.45, 7) is 4.53. The minimum atomic E-state index is -1.17. The van der Waals surface area contributed by atoms with Crippen molar-refractivity contribution in [2.75, 3.05) is 6.54 Å². The summed E-state index contributed by atoms with van der Waals surface area (Å²) >= 11 is 0. The SMILES string of the molecule is CC(C)(C)OC(=O)C(NC(=O)CNC(=O)C(=O)C(CC1CC1)NC(=O)C(CC1CC1)NC(=O)C(NC(=O)Cc1ccccc1)C1CCCCC1)c1ccccc1. The number of carbonyl (C=O) groups excluding carboxylic acids is 7. The van der Waals surface area contributed by atoms with Gasteiger partial charge in [-0.15, -0.1) is 0 Å². The molecule has 3 fully saturated rings. The van der Waals surface area contributed by atoms with Gasteiger partial charge in [0.25, 0.3) is 5.91 Å². The number of hydrogen-bond donors (Lipinski definition) is 5. The quantitative estimate of drug-likeness (QED) is 0.106. The van der Waals surface area contributed by atoms with E-state index in [1.807, 2.05) is 30.3 Å². The lowest BCUT2D eigenvalue weighted by Crippen LogP contribution is -2.58. The van der Waals surface area contributed by atoms with Gasteiger partial charge in [-0.1, -0.05) is 106 Å². The van der Waals surface area contributed by atoms with Gasteiger partial charge in [-0.2, -0.15) is 0 Å². The lowest BCUT2D eigenvalue weighted by atomic mass is 9.83. The van der Waals surface area contributed by atoms with Crippen LogP contribution in [0.3, 0.4) is 0 Å². The number of nitrogens with one attached hydrogen (secondary N) is 5. The van der Waals surface area contributed by atoms with Crippen molar-refractivity contribution in [1.29, 1.82) is 0 Å². The topological polar surface area (TPSA) is 189 Å². The molecule has 4 unspecified atom stereocenters. The van der Waals surface area contributed by atoms with E-state index in [9.17, 15) is 33.6 Å². The Morgan fingerprint density at radius 2 is 1.23 bits per heavy atom. The van der Waals surface area contributed by atoms with Crippen LogP contribution in [0.4, 0.5) is 0 Å². The van der Waals surface area contributed by atoms with Crippen LogP contribution in [0.2, 0.25) is 0 Å². The van der Waals surface area contributed by atoms with Gasteiger partial charge in [0, 0.05) is 0 Å². The Kier molecular flexibility index (Phi) is 14.8. The summed E-state index contributed by atoms with van der Waals surface area (Å²) in [5.74, 6) is -4.35. The predicted octanol–water partition coefficient (Wildman–Crippen LogP) is 3.75. The smallest absolute Gasteiger partial charge is 0.333 e. The average Bonchev–Trinajstić information content (AvgIpc) is 4.12. The van der Waals surface area contributed by atoms with E-state index in [-0.39, 0.29) is 36.5 Å². The maximum absolute atomic E-state index is 14.0. The van der Waals surface area contributed by atoms with Crippen LogP contribution < -0.4 is 26.6 Å². The number of ketones is 1. The van der Waals surface area contributed by atoms with Gasteiger partial charge in [-0.3, -0.25) is 28.8 Å². The van der Waals surface area contributed by atoms with Gasteiger partial charge in [0.05, 0.1) is 19.0 Å². The summed E-state index contributed by atoms with van der Waals surface area (Å²) in [6, 6.07) is 13.7. The Balaban J connectivity index is 1.22. The van der Waals surface area contributed by atoms with Crippen LogP contribution in [0.25, 0.3) is 0 Å². The van der Waals surface area contributed by atoms with Crippen LogP contribution in [0.5, 0.6) is 0 Å². The monoisotopic (exact) mass is 771 g/mol. The molecule has 3 aliphatic rings. The number of Topliss-reactive ketones (excluding diaryl/α,β-unsaturated/α-hetero) is 1. The lowest BCUT2D eigenvalue weighted by molar-refractivity contribution is -0.158. The van der Waals surface area contributed by atoms with Gasteiger partial charge in [0.15, 0.2) is 6.04 Å². The van der Waals surface area contributed by atoms with Crippen LogP contribution in [0, 0.1) is 17.8 Å². The van der Waals surface area contributed by atoms with Crippen LogP contribution in [-0.2, 0) is 44.7 Å². The van der Waals surface area contributed by atoms with Crippen molar-refractivity contribution in [3.05, 3.63) is 71.8 Å². The van der Waals surface area contributed by atoms with E-state index in [1.165, 1.54) is 0 Å². The zero-order valence-electron chi connectivity index (χ0n) is 32.8. The zero-order valence-corrected chi connectivity index (χ0v) is 32.8. The minimum Gasteiger partial charge on any atom is -0.458 e. The van der Waals surface area contributed by atoms with E-state index in [0.29, 0.717) is 12.0 Å². The first-order valence-electron chi connectivity index (χ1n) is 20.1. The molecule has 2 aromatic carbocycles. The molecule has 3 aliphatic carbocycles. The molecule has 5 amide bonds. The highest BCUT2D eigenvalue weighted by Crippen LogP contribution is 2.35. The van der Waals surface area contributed by atoms with Gasteiger partial charge in [-0.25, -0.2) is 4.79 Å². The van der Waals surface area contributed by atoms with E-state index in [1.54, 1.807) is 51.1 Å². The van der Waals surface area contributed by atoms with Crippen molar-refractivity contribution < 1.29 is 38.3 Å². The number of carbonyl (C=O) groups is 7. The molecule has 13 nitrogen and oxygen atoms in total. The summed E-state index contributed by atoms with van der Waals surface area (Å²) in [7, 11) is 0. The molecule has 0 bridgehead atoms. The first-order valence-corrected chi connectivity index (χ1v) is 20.1. The molecule has 0 aliphatic heterocycles. The predicted molar refractivity (Wildman–Crippen MR) is 208 cm³/mol. The Morgan fingerprint density at radius 3 is 1.82 bits per heavy atom. The van der Waals surface area contributed by atoms with Crippen molar-refractivity contribution >= 4 is 41.3 Å². The molecule has 5 rings (SSSR count). The van der Waals surface area contributed by atoms with E-state index in [0.717, 1.165) is 63.4 Å². The molecule has 0 aromatic heterocycles. The maximum atomic E-state index is 14.0. The van der Waals surface area contributed by atoms with Gasteiger partial charge in [0.1, 0.15) is 17.7 Å². The summed E-state index contributed by atoms with van der Waals surface area (Å²) < 4.78 is 5.50. The standard InChI is InChI=1S/C43H57N5O8/c1-43(2,3)56-42(55)37(31-17-11-6-12-18-31)48-35(50)26-44-41(54)38(51)32(23-28-19-20-28)45-39(52)33(24-29-21-22-29)46-40(53)36(30-15-9-5-10-16-30)47-34(49)25-27-13-7-4-8-14-27/h4,6-8,11-14,17-18,28-30,32-33,36-37H,5,9-10,15-16,19-26H2,1-3H3,(H,44,54)(H,45,52)(H,46,53)(H,47,49)(H,48,50). The van der Waals surface area contributed by atoms with Crippen LogP contribution in [0.15, 0.2) is 60.7 Å². The maximum Gasteiger partial charge on any atom is 0.333 e. The summed E-state index contributed by atoms with van der Waals surface area (Å²) in [4.78, 5) is 93.8. The number of ether oxygens (including phenoxy) is 1. The van der Waals surface area contributed by atoms with E-state index >= 15 is 0 Å². The number of benzene rings is 2. The van der Waals surface area contributed by atoms with Crippen LogP contribution in [-0.4, -0.2) is 71.6 Å². The number of rotatable bonds is 19. The first-order chi connectivity index (χ1) is 26.8. The molecule has 0 spiro atoms. The van der Waals surface area contributed by atoms with Crippen molar-refractivity contribution in [2.24, 2.45) is 17.8 Å².